The lowest BCUT2D eigenvalue weighted by atomic mass is 9.87. The molecule has 1 amide bonds. The molecule has 0 aromatic heterocycles. The van der Waals surface area contributed by atoms with E-state index in [1.54, 1.807) is 32.4 Å². The first kappa shape index (κ1) is 23.6. The summed E-state index contributed by atoms with van der Waals surface area (Å²) in [5, 5.41) is 3.16. The van der Waals surface area contributed by atoms with Crippen molar-refractivity contribution in [2.45, 2.75) is 55.9 Å². The smallest absolute Gasteiger partial charge is 0.243 e. The Morgan fingerprint density at radius 3 is 2.58 bits per heavy atom. The van der Waals surface area contributed by atoms with E-state index in [1.807, 2.05) is 18.2 Å². The molecule has 1 aliphatic carbocycles. The Balaban J connectivity index is 1.44. The fraction of sp³-hybridized carbons (Fsp3) is 0.480. The molecule has 4 rings (SSSR count). The third-order valence-corrected chi connectivity index (χ3v) is 8.47. The Hall–Kier alpha value is -2.58. The lowest BCUT2D eigenvalue weighted by molar-refractivity contribution is -0.121. The largest absolute Gasteiger partial charge is 0.497 e. The van der Waals surface area contributed by atoms with Gasteiger partial charge in [0.25, 0.3) is 0 Å². The summed E-state index contributed by atoms with van der Waals surface area (Å²) in [5.74, 6) is 1.37. The van der Waals surface area contributed by atoms with Crippen molar-refractivity contribution in [3.05, 3.63) is 53.1 Å². The number of sulfonamides is 1. The van der Waals surface area contributed by atoms with Crippen LogP contribution in [0.2, 0.25) is 0 Å². The van der Waals surface area contributed by atoms with Crippen LogP contribution >= 0.6 is 0 Å². The van der Waals surface area contributed by atoms with Gasteiger partial charge in [-0.2, -0.15) is 4.31 Å². The van der Waals surface area contributed by atoms with Gasteiger partial charge in [-0.05, 0) is 85.5 Å². The van der Waals surface area contributed by atoms with Crippen LogP contribution in [0.15, 0.2) is 41.3 Å². The van der Waals surface area contributed by atoms with Gasteiger partial charge in [0.2, 0.25) is 15.9 Å². The van der Waals surface area contributed by atoms with Gasteiger partial charge in [-0.15, -0.1) is 0 Å². The van der Waals surface area contributed by atoms with Crippen molar-refractivity contribution in [1.82, 2.24) is 9.62 Å². The van der Waals surface area contributed by atoms with E-state index in [-0.39, 0.29) is 23.3 Å². The molecule has 1 fully saturated rings. The molecule has 8 heteroatoms. The van der Waals surface area contributed by atoms with Crippen molar-refractivity contribution >= 4 is 15.9 Å². The molecule has 7 nitrogen and oxygen atoms in total. The highest BCUT2D eigenvalue weighted by Gasteiger charge is 2.28. The van der Waals surface area contributed by atoms with E-state index in [2.05, 4.69) is 5.32 Å². The molecular formula is C25H32N2O5S. The number of rotatable bonds is 8. The standard InChI is InChI=1S/C25H32N2O5S/c1-31-20-9-11-22-18(16-20)6-5-7-23(22)26-25(28)13-8-19-17-21(10-12-24(19)32-2)33(29,30)27-14-3-4-15-27/h9-12,16-17,23H,3-8,13-15H2,1-2H3,(H,26,28). The monoisotopic (exact) mass is 472 g/mol. The number of hydrogen-bond donors (Lipinski definition) is 1. The van der Waals surface area contributed by atoms with Crippen LogP contribution in [0.5, 0.6) is 11.5 Å². The third-order valence-electron chi connectivity index (χ3n) is 6.58. The number of fused-ring (bicyclic) bond motifs is 1. The Morgan fingerprint density at radius 1 is 1.06 bits per heavy atom. The summed E-state index contributed by atoms with van der Waals surface area (Å²) in [5.41, 5.74) is 3.08. The summed E-state index contributed by atoms with van der Waals surface area (Å²) in [7, 11) is -0.307. The summed E-state index contributed by atoms with van der Waals surface area (Å²) in [6.07, 6.45) is 5.33. The molecule has 0 bridgehead atoms. The number of ether oxygens (including phenoxy) is 2. The number of aryl methyl sites for hydroxylation is 2. The van der Waals surface area contributed by atoms with E-state index in [9.17, 15) is 13.2 Å². The fourth-order valence-corrected chi connectivity index (χ4v) is 6.34. The highest BCUT2D eigenvalue weighted by Crippen LogP contribution is 2.32. The van der Waals surface area contributed by atoms with E-state index < -0.39 is 10.0 Å². The average Bonchev–Trinajstić information content (AvgIpc) is 3.38. The van der Waals surface area contributed by atoms with Gasteiger partial charge in [-0.3, -0.25) is 4.79 Å². The molecule has 1 N–H and O–H groups in total. The molecule has 1 saturated heterocycles. The van der Waals surface area contributed by atoms with Gasteiger partial charge in [-0.1, -0.05) is 6.07 Å². The van der Waals surface area contributed by atoms with Crippen molar-refractivity contribution in [2.75, 3.05) is 27.3 Å². The number of nitrogens with zero attached hydrogens (tertiary/aromatic N) is 1. The van der Waals surface area contributed by atoms with E-state index in [4.69, 9.17) is 9.47 Å². The molecule has 1 aliphatic heterocycles. The van der Waals surface area contributed by atoms with E-state index in [0.717, 1.165) is 49.0 Å². The molecule has 178 valence electrons. The lowest BCUT2D eigenvalue weighted by Gasteiger charge is -2.27. The van der Waals surface area contributed by atoms with Crippen molar-refractivity contribution in [3.63, 3.8) is 0 Å². The molecule has 2 aromatic carbocycles. The van der Waals surface area contributed by atoms with E-state index >= 15 is 0 Å². The van der Waals surface area contributed by atoms with Gasteiger partial charge in [0, 0.05) is 19.5 Å². The van der Waals surface area contributed by atoms with Gasteiger partial charge in [0.1, 0.15) is 11.5 Å². The minimum Gasteiger partial charge on any atom is -0.497 e. The predicted octanol–water partition coefficient (Wildman–Crippen LogP) is 3.61. The van der Waals surface area contributed by atoms with E-state index in [0.29, 0.717) is 25.3 Å². The van der Waals surface area contributed by atoms with Crippen LogP contribution in [-0.4, -0.2) is 45.9 Å². The highest BCUT2D eigenvalue weighted by atomic mass is 32.2. The van der Waals surface area contributed by atoms with Crippen LogP contribution in [0.3, 0.4) is 0 Å². The summed E-state index contributed by atoms with van der Waals surface area (Å²) in [6.45, 7) is 1.11. The molecule has 0 radical (unpaired) electrons. The number of amides is 1. The molecule has 2 aromatic rings. The third kappa shape index (κ3) is 5.17. The second kappa shape index (κ2) is 10.1. The summed E-state index contributed by atoms with van der Waals surface area (Å²) < 4.78 is 38.2. The maximum atomic E-state index is 12.9. The minimum atomic E-state index is -3.52. The average molecular weight is 473 g/mol. The van der Waals surface area contributed by atoms with Gasteiger partial charge >= 0.3 is 0 Å². The lowest BCUT2D eigenvalue weighted by Crippen LogP contribution is -2.31. The first-order valence-corrected chi connectivity index (χ1v) is 13.0. The van der Waals surface area contributed by atoms with Gasteiger partial charge in [-0.25, -0.2) is 8.42 Å². The second-order valence-corrected chi connectivity index (χ2v) is 10.6. The van der Waals surface area contributed by atoms with E-state index in [1.165, 1.54) is 9.87 Å². The molecule has 1 unspecified atom stereocenters. The fourth-order valence-electron chi connectivity index (χ4n) is 4.77. The maximum absolute atomic E-state index is 12.9. The number of carbonyl (C=O) groups is 1. The Bertz CT molecular complexity index is 1110. The summed E-state index contributed by atoms with van der Waals surface area (Å²) in [6, 6.07) is 10.9. The van der Waals surface area contributed by atoms with Crippen LogP contribution in [0, 0.1) is 0 Å². The molecule has 0 spiro atoms. The molecule has 0 saturated carbocycles. The maximum Gasteiger partial charge on any atom is 0.243 e. The SMILES string of the molecule is COc1ccc2c(c1)CCCC2NC(=O)CCc1cc(S(=O)(=O)N2CCCC2)ccc1OC. The van der Waals surface area contributed by atoms with Crippen LogP contribution in [0.1, 0.15) is 54.8 Å². The number of nitrogens with one attached hydrogen (secondary N) is 1. The van der Waals surface area contributed by atoms with Crippen LogP contribution in [0.4, 0.5) is 0 Å². The van der Waals surface area contributed by atoms with Gasteiger partial charge in [0.15, 0.2) is 0 Å². The minimum absolute atomic E-state index is 0.0177. The zero-order chi connectivity index (χ0) is 23.4. The number of carbonyl (C=O) groups excluding carboxylic acids is 1. The van der Waals surface area contributed by atoms with Crippen molar-refractivity contribution in [2.24, 2.45) is 0 Å². The quantitative estimate of drug-likeness (QED) is 0.634. The molecule has 1 atom stereocenters. The molecule has 2 aliphatic rings. The Labute approximate surface area is 196 Å². The first-order valence-electron chi connectivity index (χ1n) is 11.6. The van der Waals surface area contributed by atoms with Crippen molar-refractivity contribution in [3.8, 4) is 11.5 Å². The van der Waals surface area contributed by atoms with Crippen LogP contribution in [0.25, 0.3) is 0 Å². The summed E-state index contributed by atoms with van der Waals surface area (Å²) >= 11 is 0. The highest BCUT2D eigenvalue weighted by molar-refractivity contribution is 7.89. The zero-order valence-corrected chi connectivity index (χ0v) is 20.1. The predicted molar refractivity (Wildman–Crippen MR) is 126 cm³/mol. The topological polar surface area (TPSA) is 84.9 Å². The zero-order valence-electron chi connectivity index (χ0n) is 19.3. The Kier molecular flexibility index (Phi) is 7.24. The van der Waals surface area contributed by atoms with Crippen molar-refractivity contribution < 1.29 is 22.7 Å². The number of benzene rings is 2. The van der Waals surface area contributed by atoms with Crippen LogP contribution < -0.4 is 14.8 Å². The number of hydrogen-bond acceptors (Lipinski definition) is 5. The molecular weight excluding hydrogens is 440 g/mol. The normalized spacial score (nSPS) is 18.5. The summed E-state index contributed by atoms with van der Waals surface area (Å²) in [4.78, 5) is 13.1. The second-order valence-electron chi connectivity index (χ2n) is 8.66. The van der Waals surface area contributed by atoms with Gasteiger partial charge in [0.05, 0.1) is 25.2 Å². The van der Waals surface area contributed by atoms with Crippen molar-refractivity contribution in [1.29, 1.82) is 0 Å². The molecule has 33 heavy (non-hydrogen) atoms. The number of methoxy groups -OCH3 is 2. The first-order chi connectivity index (χ1) is 15.9. The Morgan fingerprint density at radius 2 is 1.85 bits per heavy atom. The molecule has 1 heterocycles. The van der Waals surface area contributed by atoms with Gasteiger partial charge < -0.3 is 14.8 Å². The van der Waals surface area contributed by atoms with Crippen LogP contribution in [-0.2, 0) is 27.7 Å².